The molecule has 1 amide bonds. The highest BCUT2D eigenvalue weighted by Crippen LogP contribution is 2.18. The van der Waals surface area contributed by atoms with Crippen molar-refractivity contribution in [2.45, 2.75) is 58.2 Å². The number of nitrogens with zero attached hydrogens (tertiary/aromatic N) is 2. The fraction of sp³-hybridized carbons (Fsp3) is 0.667. The predicted molar refractivity (Wildman–Crippen MR) is 124 cm³/mol. The van der Waals surface area contributed by atoms with Gasteiger partial charge in [-0.25, -0.2) is 4.39 Å². The second kappa shape index (κ2) is 12.7. The Bertz CT molecular complexity index is 760. The van der Waals surface area contributed by atoms with Crippen LogP contribution in [0.1, 0.15) is 54.9 Å². The Hall–Kier alpha value is -2.19. The summed E-state index contributed by atoms with van der Waals surface area (Å²) in [7, 11) is 0. The summed E-state index contributed by atoms with van der Waals surface area (Å²) >= 11 is 0. The summed E-state index contributed by atoms with van der Waals surface area (Å²) in [5, 5.41) is 6.15. The third-order valence-corrected chi connectivity index (χ3v) is 5.96. The highest BCUT2D eigenvalue weighted by Gasteiger charge is 2.23. The van der Waals surface area contributed by atoms with E-state index in [-0.39, 0.29) is 23.9 Å². The lowest BCUT2D eigenvalue weighted by Gasteiger charge is -2.35. The smallest absolute Gasteiger partial charge is 0.251 e. The van der Waals surface area contributed by atoms with Gasteiger partial charge in [-0.15, -0.1) is 0 Å². The Morgan fingerprint density at radius 1 is 1.25 bits per heavy atom. The number of likely N-dealkylation sites (tertiary alicyclic amines) is 1. The molecule has 0 bridgehead atoms. The Balaban J connectivity index is 1.40. The maximum absolute atomic E-state index is 13.7. The van der Waals surface area contributed by atoms with Crippen molar-refractivity contribution in [3.63, 3.8) is 0 Å². The van der Waals surface area contributed by atoms with Crippen LogP contribution in [0.3, 0.4) is 0 Å². The molecular formula is C24H37FN4O3. The first-order chi connectivity index (χ1) is 15.6. The lowest BCUT2D eigenvalue weighted by molar-refractivity contribution is -0.0721. The van der Waals surface area contributed by atoms with Crippen LogP contribution < -0.4 is 10.6 Å². The largest absolute Gasteiger partial charge is 0.376 e. The molecule has 0 aromatic heterocycles. The second-order valence-electron chi connectivity index (χ2n) is 8.46. The van der Waals surface area contributed by atoms with Crippen molar-refractivity contribution in [1.29, 1.82) is 0 Å². The monoisotopic (exact) mass is 448 g/mol. The molecule has 32 heavy (non-hydrogen) atoms. The molecule has 0 radical (unpaired) electrons. The van der Waals surface area contributed by atoms with Crippen LogP contribution in [0.4, 0.5) is 4.39 Å². The van der Waals surface area contributed by atoms with E-state index in [1.54, 1.807) is 19.1 Å². The van der Waals surface area contributed by atoms with Crippen molar-refractivity contribution in [3.05, 3.63) is 35.1 Å². The maximum Gasteiger partial charge on any atom is 0.251 e. The van der Waals surface area contributed by atoms with Crippen molar-refractivity contribution in [1.82, 2.24) is 15.5 Å². The Morgan fingerprint density at radius 2 is 2.06 bits per heavy atom. The number of rotatable bonds is 8. The fourth-order valence-corrected chi connectivity index (χ4v) is 4.01. The fourth-order valence-electron chi connectivity index (χ4n) is 4.01. The highest BCUT2D eigenvalue weighted by atomic mass is 19.1. The molecular weight excluding hydrogens is 411 g/mol. The van der Waals surface area contributed by atoms with Crippen LogP contribution in [0.5, 0.6) is 0 Å². The molecule has 7 nitrogen and oxygen atoms in total. The Labute approximate surface area is 190 Å². The number of hydrogen-bond acceptors (Lipinski definition) is 4. The SMILES string of the molecule is CCNC(=NCCNC(=O)c1ccc(C)c(F)c1)N1CCC(OCC2CCCCO2)CC1. The standard InChI is InChI=1S/C24H37FN4O3/c1-3-26-24(28-12-11-27-23(30)19-8-7-18(2)22(25)16-19)29-13-9-20(10-14-29)32-17-21-6-4-5-15-31-21/h7-8,16,20-21H,3-6,9-15,17H2,1-2H3,(H,26,28)(H,27,30). The van der Waals surface area contributed by atoms with Gasteiger partial charge < -0.3 is 25.0 Å². The summed E-state index contributed by atoms with van der Waals surface area (Å²) < 4.78 is 25.5. The van der Waals surface area contributed by atoms with Gasteiger partial charge in [0.05, 0.1) is 25.4 Å². The van der Waals surface area contributed by atoms with Crippen molar-refractivity contribution in [2.24, 2.45) is 4.99 Å². The minimum atomic E-state index is -0.372. The molecule has 0 spiro atoms. The van der Waals surface area contributed by atoms with Gasteiger partial charge in [-0.3, -0.25) is 9.79 Å². The first-order valence-electron chi connectivity index (χ1n) is 11.9. The number of nitrogens with one attached hydrogen (secondary N) is 2. The molecule has 1 atom stereocenters. The molecule has 2 saturated heterocycles. The number of guanidine groups is 1. The number of carbonyl (C=O) groups excluding carboxylic acids is 1. The maximum atomic E-state index is 13.7. The molecule has 2 aliphatic heterocycles. The van der Waals surface area contributed by atoms with Crippen LogP contribution in [0, 0.1) is 12.7 Å². The normalized spacial score (nSPS) is 20.3. The van der Waals surface area contributed by atoms with E-state index in [2.05, 4.69) is 20.5 Å². The molecule has 2 N–H and O–H groups in total. The van der Waals surface area contributed by atoms with Crippen LogP contribution in [-0.4, -0.2) is 74.9 Å². The minimum absolute atomic E-state index is 0.257. The zero-order chi connectivity index (χ0) is 22.8. The van der Waals surface area contributed by atoms with Crippen molar-refractivity contribution >= 4 is 11.9 Å². The first-order valence-corrected chi connectivity index (χ1v) is 11.9. The number of ether oxygens (including phenoxy) is 2. The average molecular weight is 449 g/mol. The molecule has 0 saturated carbocycles. The topological polar surface area (TPSA) is 75.2 Å². The number of halogens is 1. The van der Waals surface area contributed by atoms with E-state index < -0.39 is 0 Å². The number of aryl methyl sites for hydroxylation is 1. The third-order valence-electron chi connectivity index (χ3n) is 5.96. The van der Waals surface area contributed by atoms with Gasteiger partial charge in [-0.05, 0) is 63.6 Å². The molecule has 8 heteroatoms. The summed E-state index contributed by atoms with van der Waals surface area (Å²) in [6, 6.07) is 4.51. The molecule has 1 aromatic carbocycles. The van der Waals surface area contributed by atoms with Gasteiger partial charge >= 0.3 is 0 Å². The van der Waals surface area contributed by atoms with E-state index in [9.17, 15) is 9.18 Å². The van der Waals surface area contributed by atoms with Crippen molar-refractivity contribution in [2.75, 3.05) is 45.9 Å². The van der Waals surface area contributed by atoms with E-state index in [1.807, 2.05) is 6.92 Å². The summed E-state index contributed by atoms with van der Waals surface area (Å²) in [6.07, 6.45) is 5.96. The van der Waals surface area contributed by atoms with Crippen LogP contribution in [-0.2, 0) is 9.47 Å². The van der Waals surface area contributed by atoms with Gasteiger partial charge in [0.1, 0.15) is 5.82 Å². The number of benzene rings is 1. The molecule has 2 aliphatic rings. The number of amides is 1. The summed E-state index contributed by atoms with van der Waals surface area (Å²) in [4.78, 5) is 19.1. The Kier molecular flexibility index (Phi) is 9.74. The van der Waals surface area contributed by atoms with Crippen LogP contribution in [0.15, 0.2) is 23.2 Å². The third kappa shape index (κ3) is 7.45. The zero-order valence-corrected chi connectivity index (χ0v) is 19.4. The summed E-state index contributed by atoms with van der Waals surface area (Å²) in [5.74, 6) is 0.199. The van der Waals surface area contributed by atoms with Gasteiger partial charge in [0.25, 0.3) is 5.91 Å². The van der Waals surface area contributed by atoms with Crippen molar-refractivity contribution < 1.29 is 18.7 Å². The summed E-state index contributed by atoms with van der Waals surface area (Å²) in [6.45, 7) is 8.68. The molecule has 1 aromatic rings. The first kappa shape index (κ1) is 24.5. The predicted octanol–water partition coefficient (Wildman–Crippen LogP) is 2.88. The molecule has 2 fully saturated rings. The quantitative estimate of drug-likeness (QED) is 0.363. The van der Waals surface area contributed by atoms with Crippen LogP contribution >= 0.6 is 0 Å². The van der Waals surface area contributed by atoms with E-state index >= 15 is 0 Å². The second-order valence-corrected chi connectivity index (χ2v) is 8.46. The van der Waals surface area contributed by atoms with E-state index in [0.717, 1.165) is 57.9 Å². The van der Waals surface area contributed by atoms with Gasteiger partial charge in [0.15, 0.2) is 5.96 Å². The van der Waals surface area contributed by atoms with E-state index in [4.69, 9.17) is 9.47 Å². The minimum Gasteiger partial charge on any atom is -0.376 e. The zero-order valence-electron chi connectivity index (χ0n) is 19.4. The van der Waals surface area contributed by atoms with Gasteiger partial charge in [-0.2, -0.15) is 0 Å². The summed E-state index contributed by atoms with van der Waals surface area (Å²) in [5.41, 5.74) is 0.850. The average Bonchev–Trinajstić information content (AvgIpc) is 2.82. The van der Waals surface area contributed by atoms with Crippen LogP contribution in [0.25, 0.3) is 0 Å². The van der Waals surface area contributed by atoms with Gasteiger partial charge in [0.2, 0.25) is 0 Å². The van der Waals surface area contributed by atoms with E-state index in [1.165, 1.54) is 12.5 Å². The lowest BCUT2D eigenvalue weighted by atomic mass is 10.1. The highest BCUT2D eigenvalue weighted by molar-refractivity contribution is 5.94. The van der Waals surface area contributed by atoms with Crippen molar-refractivity contribution in [3.8, 4) is 0 Å². The molecule has 2 heterocycles. The number of aliphatic imine (C=N–C) groups is 1. The van der Waals surface area contributed by atoms with Crippen LogP contribution in [0.2, 0.25) is 0 Å². The molecule has 0 aliphatic carbocycles. The van der Waals surface area contributed by atoms with Gasteiger partial charge in [0, 0.05) is 38.3 Å². The molecule has 178 valence electrons. The lowest BCUT2D eigenvalue weighted by Crippen LogP contribution is -2.47. The number of carbonyl (C=O) groups is 1. The van der Waals surface area contributed by atoms with E-state index in [0.29, 0.717) is 30.8 Å². The number of piperidine rings is 1. The molecule has 3 rings (SSSR count). The molecule has 1 unspecified atom stereocenters. The number of hydrogen-bond donors (Lipinski definition) is 2. The Morgan fingerprint density at radius 3 is 2.75 bits per heavy atom. The van der Waals surface area contributed by atoms with Gasteiger partial charge in [-0.1, -0.05) is 6.07 Å².